The van der Waals surface area contributed by atoms with Crippen LogP contribution in [0.1, 0.15) is 12.1 Å². The minimum atomic E-state index is 0.241. The van der Waals surface area contributed by atoms with E-state index in [0.717, 1.165) is 30.9 Å². The predicted octanol–water partition coefficient (Wildman–Crippen LogP) is 1.87. The Morgan fingerprint density at radius 2 is 2.33 bits per heavy atom. The normalized spacial score (nSPS) is 19.9. The van der Waals surface area contributed by atoms with Crippen LogP contribution in [0.3, 0.4) is 0 Å². The van der Waals surface area contributed by atoms with E-state index in [-0.39, 0.29) is 5.91 Å². The lowest BCUT2D eigenvalue weighted by molar-refractivity contribution is -0.127. The van der Waals surface area contributed by atoms with Gasteiger partial charge in [0.2, 0.25) is 5.91 Å². The van der Waals surface area contributed by atoms with E-state index in [4.69, 9.17) is 0 Å². The Morgan fingerprint density at radius 1 is 1.44 bits per heavy atom. The second-order valence-corrected chi connectivity index (χ2v) is 5.86. The number of carbonyl (C=O) groups is 1. The van der Waals surface area contributed by atoms with Crippen LogP contribution in [0, 0.1) is 0 Å². The van der Waals surface area contributed by atoms with Gasteiger partial charge in [-0.05, 0) is 12.1 Å². The number of hydrogen-bond acceptors (Lipinski definition) is 2. The Hall–Kier alpha value is -1.36. The van der Waals surface area contributed by atoms with Gasteiger partial charge in [-0.1, -0.05) is 22.0 Å². The van der Waals surface area contributed by atoms with Crippen LogP contribution in [0.15, 0.2) is 30.6 Å². The zero-order valence-electron chi connectivity index (χ0n) is 9.92. The van der Waals surface area contributed by atoms with Crippen molar-refractivity contribution < 1.29 is 4.79 Å². The highest BCUT2D eigenvalue weighted by molar-refractivity contribution is 9.09. The molecule has 1 unspecified atom stereocenters. The Balaban J connectivity index is 1.72. The number of aromatic nitrogens is 2. The number of halogens is 1. The van der Waals surface area contributed by atoms with Crippen LogP contribution in [-0.4, -0.2) is 38.1 Å². The molecule has 18 heavy (non-hydrogen) atoms. The Labute approximate surface area is 114 Å². The van der Waals surface area contributed by atoms with Gasteiger partial charge in [0.05, 0.1) is 0 Å². The van der Waals surface area contributed by atoms with Gasteiger partial charge in [0.1, 0.15) is 5.65 Å². The maximum Gasteiger partial charge on any atom is 0.223 e. The van der Waals surface area contributed by atoms with Crippen LogP contribution < -0.4 is 0 Å². The first-order valence-electron chi connectivity index (χ1n) is 6.07. The first-order valence-corrected chi connectivity index (χ1v) is 6.98. The van der Waals surface area contributed by atoms with E-state index in [2.05, 4.69) is 25.3 Å². The molecule has 2 aromatic heterocycles. The third-order valence-corrected chi connectivity index (χ3v) is 3.91. The van der Waals surface area contributed by atoms with Crippen molar-refractivity contribution >= 4 is 27.5 Å². The highest BCUT2D eigenvalue weighted by Crippen LogP contribution is 2.18. The van der Waals surface area contributed by atoms with Gasteiger partial charge >= 0.3 is 0 Å². The molecule has 0 aliphatic carbocycles. The molecule has 1 atom stereocenters. The van der Waals surface area contributed by atoms with Crippen LogP contribution in [-0.2, 0) is 11.2 Å². The molecule has 2 aromatic rings. The molecule has 0 bridgehead atoms. The summed E-state index contributed by atoms with van der Waals surface area (Å²) in [7, 11) is 0. The average Bonchev–Trinajstić information content (AvgIpc) is 2.90. The van der Waals surface area contributed by atoms with E-state index in [1.807, 2.05) is 35.5 Å². The van der Waals surface area contributed by atoms with Gasteiger partial charge in [0.25, 0.3) is 0 Å². The van der Waals surface area contributed by atoms with Crippen molar-refractivity contribution in [1.29, 1.82) is 0 Å². The number of nitrogens with zero attached hydrogens (tertiary/aromatic N) is 3. The van der Waals surface area contributed by atoms with E-state index >= 15 is 0 Å². The summed E-state index contributed by atoms with van der Waals surface area (Å²) < 4.78 is 2.08. The average molecular weight is 308 g/mol. The van der Waals surface area contributed by atoms with Crippen LogP contribution in [0.5, 0.6) is 0 Å². The van der Waals surface area contributed by atoms with Crippen LogP contribution >= 0.6 is 15.9 Å². The smallest absolute Gasteiger partial charge is 0.223 e. The summed E-state index contributed by atoms with van der Waals surface area (Å²) in [5.74, 6) is 0.241. The number of carbonyl (C=O) groups excluding carboxylic acids is 1. The number of hydrogen-bond donors (Lipinski definition) is 0. The number of rotatable bonds is 3. The Morgan fingerprint density at radius 3 is 3.11 bits per heavy atom. The van der Waals surface area contributed by atoms with Gasteiger partial charge in [-0.2, -0.15) is 0 Å². The summed E-state index contributed by atoms with van der Waals surface area (Å²) in [6.07, 6.45) is 5.36. The topological polar surface area (TPSA) is 37.6 Å². The van der Waals surface area contributed by atoms with Gasteiger partial charge in [-0.25, -0.2) is 4.98 Å². The van der Waals surface area contributed by atoms with E-state index in [0.29, 0.717) is 11.2 Å². The summed E-state index contributed by atoms with van der Waals surface area (Å²) in [6, 6.07) is 5.96. The number of imidazole rings is 1. The van der Waals surface area contributed by atoms with Crippen LogP contribution in [0.25, 0.3) is 5.65 Å². The quantitative estimate of drug-likeness (QED) is 0.812. The number of alkyl halides is 1. The Bertz CT molecular complexity index is 580. The second-order valence-electron chi connectivity index (χ2n) is 4.57. The fourth-order valence-corrected chi connectivity index (χ4v) is 2.99. The van der Waals surface area contributed by atoms with Crippen molar-refractivity contribution in [2.75, 3.05) is 13.1 Å². The zero-order chi connectivity index (χ0) is 12.5. The summed E-state index contributed by atoms with van der Waals surface area (Å²) >= 11 is 3.50. The SMILES string of the molecule is O=C1CC(Br)CN1CCc1cnc2ccccn12. The largest absolute Gasteiger partial charge is 0.341 e. The summed E-state index contributed by atoms with van der Waals surface area (Å²) in [4.78, 5) is 18.3. The first kappa shape index (κ1) is 11.7. The molecule has 4 nitrogen and oxygen atoms in total. The molecule has 1 aliphatic heterocycles. The monoisotopic (exact) mass is 307 g/mol. The molecular weight excluding hydrogens is 294 g/mol. The standard InChI is InChI=1S/C13H14BrN3O/c14-10-7-13(18)16(9-10)6-4-11-8-15-12-3-1-2-5-17(11)12/h1-3,5,8,10H,4,6-7,9H2. The van der Waals surface area contributed by atoms with Gasteiger partial charge in [-0.3, -0.25) is 4.79 Å². The van der Waals surface area contributed by atoms with Crippen LogP contribution in [0.2, 0.25) is 0 Å². The lowest BCUT2D eigenvalue weighted by atomic mass is 10.3. The maximum absolute atomic E-state index is 11.7. The molecule has 1 aliphatic rings. The molecule has 3 heterocycles. The molecule has 3 rings (SSSR count). The molecule has 0 radical (unpaired) electrons. The van der Waals surface area contributed by atoms with Crippen molar-refractivity contribution in [3.05, 3.63) is 36.3 Å². The van der Waals surface area contributed by atoms with Crippen molar-refractivity contribution in [2.24, 2.45) is 0 Å². The third-order valence-electron chi connectivity index (χ3n) is 3.30. The van der Waals surface area contributed by atoms with Crippen molar-refractivity contribution in [3.8, 4) is 0 Å². The molecule has 0 N–H and O–H groups in total. The zero-order valence-corrected chi connectivity index (χ0v) is 11.5. The third kappa shape index (κ3) is 2.14. The van der Waals surface area contributed by atoms with Gasteiger partial charge in [-0.15, -0.1) is 0 Å². The molecule has 0 spiro atoms. The van der Waals surface area contributed by atoms with Gasteiger partial charge in [0.15, 0.2) is 0 Å². The molecule has 1 saturated heterocycles. The van der Waals surface area contributed by atoms with Gasteiger partial charge in [0, 0.05) is 48.8 Å². The van der Waals surface area contributed by atoms with Crippen molar-refractivity contribution in [3.63, 3.8) is 0 Å². The fourth-order valence-electron chi connectivity index (χ4n) is 2.36. The summed E-state index contributed by atoms with van der Waals surface area (Å²) in [6.45, 7) is 1.58. The number of fused-ring (bicyclic) bond motifs is 1. The number of pyridine rings is 1. The predicted molar refractivity (Wildman–Crippen MR) is 72.8 cm³/mol. The molecule has 1 amide bonds. The van der Waals surface area contributed by atoms with E-state index in [1.165, 1.54) is 0 Å². The fraction of sp³-hybridized carbons (Fsp3) is 0.385. The van der Waals surface area contributed by atoms with E-state index in [9.17, 15) is 4.79 Å². The van der Waals surface area contributed by atoms with Crippen LogP contribution in [0.4, 0.5) is 0 Å². The van der Waals surface area contributed by atoms with E-state index < -0.39 is 0 Å². The summed E-state index contributed by atoms with van der Waals surface area (Å²) in [5, 5.41) is 0. The molecular formula is C13H14BrN3O. The first-order chi connectivity index (χ1) is 8.74. The molecule has 5 heteroatoms. The van der Waals surface area contributed by atoms with Crippen molar-refractivity contribution in [1.82, 2.24) is 14.3 Å². The highest BCUT2D eigenvalue weighted by Gasteiger charge is 2.27. The minimum absolute atomic E-state index is 0.241. The highest BCUT2D eigenvalue weighted by atomic mass is 79.9. The molecule has 0 saturated carbocycles. The number of likely N-dealkylation sites (tertiary alicyclic amines) is 1. The number of amides is 1. The molecule has 0 aromatic carbocycles. The lowest BCUT2D eigenvalue weighted by Gasteiger charge is -2.15. The molecule has 94 valence electrons. The molecule has 1 fully saturated rings. The van der Waals surface area contributed by atoms with Crippen molar-refractivity contribution in [2.45, 2.75) is 17.7 Å². The Kier molecular flexibility index (Phi) is 3.07. The minimum Gasteiger partial charge on any atom is -0.341 e. The maximum atomic E-state index is 11.7. The second kappa shape index (κ2) is 4.72. The van der Waals surface area contributed by atoms with Gasteiger partial charge < -0.3 is 9.30 Å². The summed E-state index contributed by atoms with van der Waals surface area (Å²) in [5.41, 5.74) is 2.11. The lowest BCUT2D eigenvalue weighted by Crippen LogP contribution is -2.27. The van der Waals surface area contributed by atoms with E-state index in [1.54, 1.807) is 0 Å².